The molecule has 2 unspecified atom stereocenters. The summed E-state index contributed by atoms with van der Waals surface area (Å²) in [5, 5.41) is 27.5. The van der Waals surface area contributed by atoms with Crippen molar-refractivity contribution in [1.29, 1.82) is 0 Å². The summed E-state index contributed by atoms with van der Waals surface area (Å²) in [6.45, 7) is 0. The molecule has 0 aliphatic rings. The lowest BCUT2D eigenvalue weighted by atomic mass is 10.0. The zero-order chi connectivity index (χ0) is 12.3. The Bertz CT molecular complexity index is 396. The second-order valence-electron chi connectivity index (χ2n) is 3.28. The van der Waals surface area contributed by atoms with E-state index in [1.165, 1.54) is 6.07 Å². The van der Waals surface area contributed by atoms with Gasteiger partial charge in [-0.1, -0.05) is 11.6 Å². The first-order valence-corrected chi connectivity index (χ1v) is 4.82. The summed E-state index contributed by atoms with van der Waals surface area (Å²) < 4.78 is 13.2. The smallest absolute Gasteiger partial charge is 0.306 e. The van der Waals surface area contributed by atoms with Gasteiger partial charge in [0.1, 0.15) is 11.9 Å². The zero-order valence-electron chi connectivity index (χ0n) is 8.10. The first-order chi connectivity index (χ1) is 7.41. The average molecular weight is 249 g/mol. The maximum absolute atomic E-state index is 13.2. The van der Waals surface area contributed by atoms with Gasteiger partial charge in [-0.2, -0.15) is 0 Å². The Kier molecular flexibility index (Phi) is 4.23. The van der Waals surface area contributed by atoms with E-state index < -0.39 is 30.4 Å². The highest BCUT2D eigenvalue weighted by Gasteiger charge is 2.23. The molecule has 0 aliphatic heterocycles. The Balaban J connectivity index is 2.90. The minimum Gasteiger partial charge on any atom is -0.481 e. The van der Waals surface area contributed by atoms with Gasteiger partial charge in [0.25, 0.3) is 0 Å². The molecule has 0 aliphatic carbocycles. The molecule has 0 radical (unpaired) electrons. The Labute approximate surface area is 95.9 Å². The largest absolute Gasteiger partial charge is 0.481 e. The van der Waals surface area contributed by atoms with E-state index >= 15 is 0 Å². The fourth-order valence-electron chi connectivity index (χ4n) is 1.24. The predicted octanol–water partition coefficient (Wildman–Crippen LogP) is 1.35. The third kappa shape index (κ3) is 3.16. The Morgan fingerprint density at radius 1 is 1.44 bits per heavy atom. The first kappa shape index (κ1) is 12.9. The van der Waals surface area contributed by atoms with Crippen molar-refractivity contribution in [2.24, 2.45) is 0 Å². The zero-order valence-corrected chi connectivity index (χ0v) is 8.86. The third-order valence-electron chi connectivity index (χ3n) is 2.02. The number of aliphatic carboxylic acids is 1. The number of hydrogen-bond acceptors (Lipinski definition) is 3. The van der Waals surface area contributed by atoms with Crippen molar-refractivity contribution < 1.29 is 24.5 Å². The van der Waals surface area contributed by atoms with Crippen LogP contribution < -0.4 is 0 Å². The Morgan fingerprint density at radius 3 is 2.62 bits per heavy atom. The van der Waals surface area contributed by atoms with Crippen LogP contribution in [0.2, 0.25) is 5.02 Å². The number of aliphatic hydroxyl groups excluding tert-OH is 2. The van der Waals surface area contributed by atoms with Crippen molar-refractivity contribution in [3.05, 3.63) is 34.6 Å². The molecule has 0 fully saturated rings. The van der Waals surface area contributed by atoms with Crippen LogP contribution in [0.4, 0.5) is 4.39 Å². The van der Waals surface area contributed by atoms with Gasteiger partial charge in [-0.05, 0) is 18.2 Å². The standard InChI is InChI=1S/C10H10ClFO4/c11-5-1-2-7(12)6(3-5)10(16)8(13)4-9(14)15/h1-3,8,10,13,16H,4H2,(H,14,15). The van der Waals surface area contributed by atoms with Gasteiger partial charge >= 0.3 is 5.97 Å². The number of rotatable bonds is 4. The van der Waals surface area contributed by atoms with Crippen molar-refractivity contribution in [2.45, 2.75) is 18.6 Å². The molecule has 16 heavy (non-hydrogen) atoms. The van der Waals surface area contributed by atoms with Gasteiger partial charge in [0, 0.05) is 10.6 Å². The molecule has 0 saturated carbocycles. The summed E-state index contributed by atoms with van der Waals surface area (Å²) >= 11 is 5.60. The van der Waals surface area contributed by atoms with Crippen LogP contribution in [0.25, 0.3) is 0 Å². The number of carboxylic acids is 1. The molecule has 1 rings (SSSR count). The molecule has 0 aromatic heterocycles. The van der Waals surface area contributed by atoms with Crippen LogP contribution in [0.15, 0.2) is 18.2 Å². The Hall–Kier alpha value is -1.17. The highest BCUT2D eigenvalue weighted by atomic mass is 35.5. The van der Waals surface area contributed by atoms with E-state index in [1.54, 1.807) is 0 Å². The lowest BCUT2D eigenvalue weighted by Gasteiger charge is -2.17. The second kappa shape index (κ2) is 5.25. The monoisotopic (exact) mass is 248 g/mol. The molecule has 0 bridgehead atoms. The first-order valence-electron chi connectivity index (χ1n) is 4.44. The number of aliphatic hydroxyl groups is 2. The molecule has 0 spiro atoms. The summed E-state index contributed by atoms with van der Waals surface area (Å²) in [6, 6.07) is 3.47. The van der Waals surface area contributed by atoms with Crippen molar-refractivity contribution >= 4 is 17.6 Å². The summed E-state index contributed by atoms with van der Waals surface area (Å²) in [6.07, 6.45) is -3.87. The van der Waals surface area contributed by atoms with Crippen molar-refractivity contribution in [1.82, 2.24) is 0 Å². The molecule has 3 N–H and O–H groups in total. The van der Waals surface area contributed by atoms with E-state index in [0.29, 0.717) is 0 Å². The summed E-state index contributed by atoms with van der Waals surface area (Å²) in [4.78, 5) is 10.3. The molecule has 88 valence electrons. The third-order valence-corrected chi connectivity index (χ3v) is 2.26. The van der Waals surface area contributed by atoms with Gasteiger partial charge in [-0.3, -0.25) is 4.79 Å². The fourth-order valence-corrected chi connectivity index (χ4v) is 1.42. The molecule has 1 aromatic carbocycles. The molecular formula is C10H10ClFO4. The van der Waals surface area contributed by atoms with Crippen LogP contribution in [0.3, 0.4) is 0 Å². The van der Waals surface area contributed by atoms with Crippen LogP contribution in [-0.2, 0) is 4.79 Å². The molecule has 0 amide bonds. The topological polar surface area (TPSA) is 77.8 Å². The van der Waals surface area contributed by atoms with Gasteiger partial charge in [-0.25, -0.2) is 4.39 Å². The summed E-state index contributed by atoms with van der Waals surface area (Å²) in [5.74, 6) is -2.03. The predicted molar refractivity (Wildman–Crippen MR) is 54.6 cm³/mol. The average Bonchev–Trinajstić information content (AvgIpc) is 2.19. The number of carbonyl (C=O) groups is 1. The van der Waals surface area contributed by atoms with E-state index in [1.807, 2.05) is 0 Å². The van der Waals surface area contributed by atoms with Gasteiger partial charge in [0.05, 0.1) is 12.5 Å². The molecule has 4 nitrogen and oxygen atoms in total. The molecular weight excluding hydrogens is 239 g/mol. The number of halogens is 2. The maximum Gasteiger partial charge on any atom is 0.306 e. The van der Waals surface area contributed by atoms with Gasteiger partial charge in [0.2, 0.25) is 0 Å². The van der Waals surface area contributed by atoms with Crippen LogP contribution in [-0.4, -0.2) is 27.4 Å². The van der Waals surface area contributed by atoms with Gasteiger partial charge in [0.15, 0.2) is 0 Å². The second-order valence-corrected chi connectivity index (χ2v) is 3.71. The fraction of sp³-hybridized carbons (Fsp3) is 0.300. The van der Waals surface area contributed by atoms with Crippen LogP contribution >= 0.6 is 11.6 Å². The molecule has 2 atom stereocenters. The van der Waals surface area contributed by atoms with E-state index in [-0.39, 0.29) is 10.6 Å². The summed E-state index contributed by atoms with van der Waals surface area (Å²) in [7, 11) is 0. The van der Waals surface area contributed by atoms with E-state index in [4.69, 9.17) is 16.7 Å². The van der Waals surface area contributed by atoms with Crippen LogP contribution in [0.1, 0.15) is 18.1 Å². The van der Waals surface area contributed by atoms with E-state index in [9.17, 15) is 19.4 Å². The van der Waals surface area contributed by atoms with Crippen molar-refractivity contribution in [3.63, 3.8) is 0 Å². The SMILES string of the molecule is O=C(O)CC(O)C(O)c1cc(Cl)ccc1F. The number of carboxylic acid groups (broad SMARTS) is 1. The number of benzene rings is 1. The van der Waals surface area contributed by atoms with Crippen LogP contribution in [0, 0.1) is 5.82 Å². The maximum atomic E-state index is 13.2. The van der Waals surface area contributed by atoms with Crippen molar-refractivity contribution in [3.8, 4) is 0 Å². The lowest BCUT2D eigenvalue weighted by Crippen LogP contribution is -2.22. The Morgan fingerprint density at radius 2 is 2.06 bits per heavy atom. The lowest BCUT2D eigenvalue weighted by molar-refractivity contribution is -0.141. The van der Waals surface area contributed by atoms with Crippen molar-refractivity contribution in [2.75, 3.05) is 0 Å². The molecule has 0 saturated heterocycles. The minimum atomic E-state index is -1.62. The molecule has 6 heteroatoms. The quantitative estimate of drug-likeness (QED) is 0.752. The van der Waals surface area contributed by atoms with Crippen LogP contribution in [0.5, 0.6) is 0 Å². The normalized spacial score (nSPS) is 14.5. The van der Waals surface area contributed by atoms with Gasteiger partial charge in [-0.15, -0.1) is 0 Å². The van der Waals surface area contributed by atoms with E-state index in [2.05, 4.69) is 0 Å². The van der Waals surface area contributed by atoms with E-state index in [0.717, 1.165) is 12.1 Å². The highest BCUT2D eigenvalue weighted by Crippen LogP contribution is 2.24. The highest BCUT2D eigenvalue weighted by molar-refractivity contribution is 6.30. The molecule has 0 heterocycles. The van der Waals surface area contributed by atoms with Gasteiger partial charge < -0.3 is 15.3 Å². The summed E-state index contributed by atoms with van der Waals surface area (Å²) in [5.41, 5.74) is -0.221. The number of hydrogen-bond donors (Lipinski definition) is 3. The molecule has 1 aromatic rings. The minimum absolute atomic E-state index is 0.193.